The van der Waals surface area contributed by atoms with Crippen LogP contribution >= 0.6 is 0 Å². The van der Waals surface area contributed by atoms with Crippen molar-refractivity contribution in [3.05, 3.63) is 16.5 Å². The summed E-state index contributed by atoms with van der Waals surface area (Å²) in [4.78, 5) is 7.64. The van der Waals surface area contributed by atoms with Crippen LogP contribution in [0.25, 0.3) is 12.2 Å². The lowest BCUT2D eigenvalue weighted by molar-refractivity contribution is 1.04. The van der Waals surface area contributed by atoms with Gasteiger partial charge >= 0.3 is 0 Å². The minimum atomic E-state index is 0.810. The maximum Gasteiger partial charge on any atom is 0.104 e. The van der Waals surface area contributed by atoms with E-state index in [2.05, 4.69) is 22.1 Å². The van der Waals surface area contributed by atoms with Gasteiger partial charge in [-0.3, -0.25) is 0 Å². The third-order valence-electron chi connectivity index (χ3n) is 2.52. The molecule has 1 aromatic rings. The average Bonchev–Trinajstić information content (AvgIpc) is 2.57. The second kappa shape index (κ2) is 1.58. The molecule has 0 radical (unpaired) electrons. The summed E-state index contributed by atoms with van der Waals surface area (Å²) in [5, 5.41) is 2.41. The van der Waals surface area contributed by atoms with Crippen LogP contribution in [-0.4, -0.2) is 9.97 Å². The van der Waals surface area contributed by atoms with E-state index in [9.17, 15) is 0 Å². The van der Waals surface area contributed by atoms with Crippen LogP contribution in [0.4, 0.5) is 0 Å². The molecule has 2 heteroatoms. The normalized spacial score (nSPS) is 31.4. The maximum absolute atomic E-state index is 4.39. The molecule has 1 aromatic heterocycles. The Balaban J connectivity index is 2.40. The molecule has 2 atom stereocenters. The van der Waals surface area contributed by atoms with Crippen molar-refractivity contribution in [2.75, 3.05) is 0 Å². The highest BCUT2D eigenvalue weighted by molar-refractivity contribution is 5.46. The van der Waals surface area contributed by atoms with E-state index >= 15 is 0 Å². The van der Waals surface area contributed by atoms with E-state index in [1.54, 1.807) is 0 Å². The number of imidazole rings is 1. The van der Waals surface area contributed by atoms with Gasteiger partial charge in [0.2, 0.25) is 0 Å². The van der Waals surface area contributed by atoms with Crippen molar-refractivity contribution in [3.63, 3.8) is 0 Å². The van der Waals surface area contributed by atoms with Crippen LogP contribution in [0, 0.1) is 18.8 Å². The van der Waals surface area contributed by atoms with Gasteiger partial charge in [0.15, 0.2) is 0 Å². The fourth-order valence-corrected chi connectivity index (χ4v) is 1.82. The Morgan fingerprint density at radius 3 is 3.18 bits per heavy atom. The molecule has 0 aliphatic heterocycles. The summed E-state index contributed by atoms with van der Waals surface area (Å²) >= 11 is 0. The van der Waals surface area contributed by atoms with Crippen LogP contribution in [0.3, 0.4) is 0 Å². The minimum Gasteiger partial charge on any atom is -0.342 e. The van der Waals surface area contributed by atoms with Crippen molar-refractivity contribution < 1.29 is 0 Å². The first kappa shape index (κ1) is 5.58. The lowest BCUT2D eigenvalue weighted by atomic mass is 10.2. The molecule has 0 aromatic carbocycles. The topological polar surface area (TPSA) is 28.7 Å². The largest absolute Gasteiger partial charge is 0.342 e. The van der Waals surface area contributed by atoms with Gasteiger partial charge in [0, 0.05) is 0 Å². The van der Waals surface area contributed by atoms with Gasteiger partial charge in [-0.25, -0.2) is 4.98 Å². The van der Waals surface area contributed by atoms with E-state index in [0.717, 1.165) is 17.7 Å². The smallest absolute Gasteiger partial charge is 0.104 e. The molecule has 1 N–H and O–H groups in total. The van der Waals surface area contributed by atoms with Gasteiger partial charge in [-0.15, -0.1) is 0 Å². The van der Waals surface area contributed by atoms with Gasteiger partial charge in [-0.1, -0.05) is 12.2 Å². The Hall–Kier alpha value is -1.05. The summed E-state index contributed by atoms with van der Waals surface area (Å²) in [5.74, 6) is 2.66. The zero-order valence-corrected chi connectivity index (χ0v) is 6.46. The van der Waals surface area contributed by atoms with Crippen LogP contribution in [0.2, 0.25) is 0 Å². The minimum absolute atomic E-state index is 0.810. The highest BCUT2D eigenvalue weighted by atomic mass is 14.9. The predicted molar refractivity (Wildman–Crippen MR) is 43.1 cm³/mol. The Kier molecular flexibility index (Phi) is 0.799. The fourth-order valence-electron chi connectivity index (χ4n) is 1.82. The van der Waals surface area contributed by atoms with Gasteiger partial charge in [-0.05, 0) is 25.2 Å². The first-order valence-corrected chi connectivity index (χ1v) is 4.09. The number of aryl methyl sites for hydroxylation is 1. The van der Waals surface area contributed by atoms with Crippen molar-refractivity contribution in [1.82, 2.24) is 9.97 Å². The maximum atomic E-state index is 4.39. The summed E-state index contributed by atoms with van der Waals surface area (Å²) in [6.45, 7) is 2.01. The molecule has 56 valence electrons. The molecule has 3 rings (SSSR count). The molecule has 2 unspecified atom stereocenters. The molecule has 1 fully saturated rings. The monoisotopic (exact) mass is 146 g/mol. The van der Waals surface area contributed by atoms with Crippen LogP contribution in [-0.2, 0) is 0 Å². The molecule has 1 saturated carbocycles. The Morgan fingerprint density at radius 1 is 1.45 bits per heavy atom. The fraction of sp³-hybridized carbons (Fsp3) is 0.444. The molecule has 2 aliphatic rings. The number of nitrogens with one attached hydrogen (secondary N) is 1. The summed E-state index contributed by atoms with van der Waals surface area (Å²) < 4.78 is 0. The van der Waals surface area contributed by atoms with E-state index in [0.29, 0.717) is 0 Å². The van der Waals surface area contributed by atoms with E-state index in [-0.39, 0.29) is 0 Å². The van der Waals surface area contributed by atoms with Crippen LogP contribution in [0.1, 0.15) is 12.2 Å². The van der Waals surface area contributed by atoms with Gasteiger partial charge < -0.3 is 4.98 Å². The third-order valence-corrected chi connectivity index (χ3v) is 2.52. The Morgan fingerprint density at radius 2 is 2.27 bits per heavy atom. The quantitative estimate of drug-likeness (QED) is 0.545. The van der Waals surface area contributed by atoms with Crippen molar-refractivity contribution >= 4 is 12.2 Å². The first-order valence-electron chi connectivity index (χ1n) is 4.09. The number of fused-ring (bicyclic) bond motifs is 2. The molecule has 11 heavy (non-hydrogen) atoms. The zero-order valence-electron chi connectivity index (χ0n) is 6.46. The number of rotatable bonds is 0. The van der Waals surface area contributed by atoms with Crippen LogP contribution in [0.15, 0.2) is 0 Å². The van der Waals surface area contributed by atoms with Crippen molar-refractivity contribution in [2.24, 2.45) is 11.8 Å². The Labute approximate surface area is 64.7 Å². The lowest BCUT2D eigenvalue weighted by Crippen LogP contribution is -2.26. The summed E-state index contributed by atoms with van der Waals surface area (Å²) in [6, 6.07) is 0. The summed E-state index contributed by atoms with van der Waals surface area (Å²) in [7, 11) is 0. The number of hydrogen-bond acceptors (Lipinski definition) is 1. The number of hydrogen-bond donors (Lipinski definition) is 1. The molecule has 0 spiro atoms. The number of H-pyrrole nitrogens is 1. The second-order valence-electron chi connectivity index (χ2n) is 3.52. The van der Waals surface area contributed by atoms with Crippen molar-refractivity contribution in [3.8, 4) is 0 Å². The molecular weight excluding hydrogens is 136 g/mol. The van der Waals surface area contributed by atoms with E-state index < -0.39 is 0 Å². The van der Waals surface area contributed by atoms with Gasteiger partial charge in [0.1, 0.15) is 5.82 Å². The molecule has 0 amide bonds. The van der Waals surface area contributed by atoms with Crippen LogP contribution in [0.5, 0.6) is 0 Å². The molecule has 2 aliphatic carbocycles. The second-order valence-corrected chi connectivity index (χ2v) is 3.52. The number of nitrogens with zero attached hydrogens (tertiary/aromatic N) is 1. The lowest BCUT2D eigenvalue weighted by Gasteiger charge is -1.89. The van der Waals surface area contributed by atoms with E-state index in [1.165, 1.54) is 17.1 Å². The zero-order chi connectivity index (χ0) is 7.42. The molecular formula is C9H10N2. The SMILES string of the molecule is Cc1nc2c([nH]1)=CC1CC1C=2. The van der Waals surface area contributed by atoms with Crippen molar-refractivity contribution in [1.29, 1.82) is 0 Å². The van der Waals surface area contributed by atoms with Gasteiger partial charge in [-0.2, -0.15) is 0 Å². The van der Waals surface area contributed by atoms with Crippen LogP contribution < -0.4 is 10.7 Å². The average molecular weight is 146 g/mol. The third kappa shape index (κ3) is 0.694. The Bertz CT molecular complexity index is 376. The molecule has 2 nitrogen and oxygen atoms in total. The van der Waals surface area contributed by atoms with Crippen molar-refractivity contribution in [2.45, 2.75) is 13.3 Å². The first-order chi connectivity index (χ1) is 5.33. The predicted octanol–water partition coefficient (Wildman–Crippen LogP) is -0.0712. The molecule has 1 heterocycles. The molecule has 0 bridgehead atoms. The number of aromatic nitrogens is 2. The standard InChI is InChI=1S/C9H10N2/c1-5-10-8-3-6-2-7(6)4-9(8)11-5/h3-4,6-7H,2H2,1H3,(H,10,11). The van der Waals surface area contributed by atoms with E-state index in [4.69, 9.17) is 0 Å². The van der Waals surface area contributed by atoms with Gasteiger partial charge in [0.25, 0.3) is 0 Å². The van der Waals surface area contributed by atoms with Gasteiger partial charge in [0.05, 0.1) is 10.7 Å². The summed E-state index contributed by atoms with van der Waals surface area (Å²) in [6.07, 6.45) is 5.95. The molecule has 0 saturated heterocycles. The van der Waals surface area contributed by atoms with E-state index in [1.807, 2.05) is 6.92 Å². The highest BCUT2D eigenvalue weighted by Gasteiger charge is 2.35. The number of aromatic amines is 1. The highest BCUT2D eigenvalue weighted by Crippen LogP contribution is 2.41. The summed E-state index contributed by atoms with van der Waals surface area (Å²) in [5.41, 5.74) is 0.